The Kier molecular flexibility index (Phi) is 6.26. The summed E-state index contributed by atoms with van der Waals surface area (Å²) >= 11 is 0. The molecule has 0 aromatic heterocycles. The predicted molar refractivity (Wildman–Crippen MR) is 111 cm³/mol. The van der Waals surface area contributed by atoms with Crippen molar-refractivity contribution in [2.24, 2.45) is 0 Å². The fourth-order valence-electron chi connectivity index (χ4n) is 4.25. The molecule has 0 saturated carbocycles. The number of hydrogen-bond acceptors (Lipinski definition) is 4. The lowest BCUT2D eigenvalue weighted by Crippen LogP contribution is -2.54. The van der Waals surface area contributed by atoms with Gasteiger partial charge in [-0.05, 0) is 36.1 Å². The first-order valence-corrected chi connectivity index (χ1v) is 10.6. The molecule has 0 radical (unpaired) electrons. The first-order valence-electron chi connectivity index (χ1n) is 10.6. The van der Waals surface area contributed by atoms with Crippen molar-refractivity contribution >= 4 is 17.7 Å². The summed E-state index contributed by atoms with van der Waals surface area (Å²) in [5, 5.41) is 13.9. The summed E-state index contributed by atoms with van der Waals surface area (Å²) < 4.78 is 68.6. The molecular formula is C23H20F5N3O4. The highest BCUT2D eigenvalue weighted by molar-refractivity contribution is 6.01. The SMILES string of the molecule is O=C1NC(O)CCC1N1Cc2cc(CNC(=O)C(F)(F)c3ccccc3C(F)(F)F)ccc2C1=O. The van der Waals surface area contributed by atoms with Gasteiger partial charge in [-0.2, -0.15) is 22.0 Å². The number of carbonyl (C=O) groups is 3. The zero-order chi connectivity index (χ0) is 25.5. The maximum absolute atomic E-state index is 14.6. The maximum atomic E-state index is 14.6. The molecule has 35 heavy (non-hydrogen) atoms. The third-order valence-electron chi connectivity index (χ3n) is 6.01. The van der Waals surface area contributed by atoms with Crippen molar-refractivity contribution in [1.29, 1.82) is 0 Å². The molecule has 0 aliphatic carbocycles. The van der Waals surface area contributed by atoms with Gasteiger partial charge in [0.05, 0.1) is 5.56 Å². The quantitative estimate of drug-likeness (QED) is 0.554. The van der Waals surface area contributed by atoms with E-state index in [4.69, 9.17) is 0 Å². The highest BCUT2D eigenvalue weighted by Gasteiger charge is 2.47. The molecule has 3 amide bonds. The van der Waals surface area contributed by atoms with E-state index < -0.39 is 59.8 Å². The minimum absolute atomic E-state index is 0.0687. The number of nitrogens with one attached hydrogen (secondary N) is 2. The number of halogens is 5. The largest absolute Gasteiger partial charge is 0.416 e. The zero-order valence-electron chi connectivity index (χ0n) is 18.0. The summed E-state index contributed by atoms with van der Waals surface area (Å²) in [7, 11) is 0. The van der Waals surface area contributed by atoms with Crippen LogP contribution in [0.1, 0.15) is 45.5 Å². The van der Waals surface area contributed by atoms with Gasteiger partial charge in [-0.1, -0.05) is 30.3 Å². The Bertz CT molecular complexity index is 1180. The van der Waals surface area contributed by atoms with Gasteiger partial charge in [0.1, 0.15) is 12.3 Å². The lowest BCUT2D eigenvalue weighted by atomic mass is 10.00. The molecular weight excluding hydrogens is 477 g/mol. The van der Waals surface area contributed by atoms with E-state index in [1.807, 2.05) is 5.32 Å². The van der Waals surface area contributed by atoms with E-state index in [9.17, 15) is 41.4 Å². The number of rotatable bonds is 5. The van der Waals surface area contributed by atoms with Gasteiger partial charge in [0.25, 0.3) is 11.8 Å². The van der Waals surface area contributed by atoms with Crippen LogP contribution in [0.5, 0.6) is 0 Å². The summed E-state index contributed by atoms with van der Waals surface area (Å²) in [4.78, 5) is 38.4. The molecule has 0 spiro atoms. The number of nitrogens with zero attached hydrogens (tertiary/aromatic N) is 1. The second-order valence-electron chi connectivity index (χ2n) is 8.34. The number of aliphatic hydroxyl groups is 1. The van der Waals surface area contributed by atoms with Crippen LogP contribution in [0.25, 0.3) is 0 Å². The van der Waals surface area contributed by atoms with Crippen LogP contribution < -0.4 is 10.6 Å². The minimum Gasteiger partial charge on any atom is -0.374 e. The molecule has 1 fully saturated rings. The standard InChI is InChI=1S/C23H20F5N3O4/c24-22(25,15-3-1-2-4-16(15)23(26,27)28)21(35)29-10-12-5-6-14-13(9-12)11-31(20(14)34)17-7-8-18(32)30-19(17)33/h1-6,9,17-18,32H,7-8,10-11H2,(H,29,35)(H,30,33). The van der Waals surface area contributed by atoms with Crippen molar-refractivity contribution in [2.45, 2.75) is 50.3 Å². The summed E-state index contributed by atoms with van der Waals surface area (Å²) in [5.74, 6) is -7.22. The van der Waals surface area contributed by atoms with Gasteiger partial charge in [-0.15, -0.1) is 0 Å². The Hall–Kier alpha value is -3.54. The van der Waals surface area contributed by atoms with Gasteiger partial charge in [0, 0.05) is 24.2 Å². The van der Waals surface area contributed by atoms with Crippen LogP contribution in [-0.2, 0) is 34.8 Å². The smallest absolute Gasteiger partial charge is 0.374 e. The van der Waals surface area contributed by atoms with Crippen LogP contribution in [0.3, 0.4) is 0 Å². The third kappa shape index (κ3) is 4.70. The highest BCUT2D eigenvalue weighted by atomic mass is 19.4. The minimum atomic E-state index is -5.06. The van der Waals surface area contributed by atoms with Crippen LogP contribution >= 0.6 is 0 Å². The summed E-state index contributed by atoms with van der Waals surface area (Å²) in [6, 6.07) is 6.57. The van der Waals surface area contributed by atoms with E-state index in [-0.39, 0.29) is 19.4 Å². The number of aliphatic hydroxyl groups excluding tert-OH is 1. The van der Waals surface area contributed by atoms with E-state index in [1.54, 1.807) is 0 Å². The van der Waals surface area contributed by atoms with E-state index in [0.717, 1.165) is 12.1 Å². The molecule has 2 unspecified atom stereocenters. The predicted octanol–water partition coefficient (Wildman–Crippen LogP) is 2.67. The molecule has 2 aromatic rings. The summed E-state index contributed by atoms with van der Waals surface area (Å²) in [6.07, 6.45) is -5.49. The van der Waals surface area contributed by atoms with Crippen molar-refractivity contribution in [3.63, 3.8) is 0 Å². The molecule has 12 heteroatoms. The number of hydrogen-bond donors (Lipinski definition) is 3. The number of fused-ring (bicyclic) bond motifs is 1. The van der Waals surface area contributed by atoms with Crippen molar-refractivity contribution in [3.8, 4) is 0 Å². The van der Waals surface area contributed by atoms with E-state index >= 15 is 0 Å². The lowest BCUT2D eigenvalue weighted by molar-refractivity contribution is -0.153. The van der Waals surface area contributed by atoms with Crippen LogP contribution in [0.15, 0.2) is 42.5 Å². The van der Waals surface area contributed by atoms with Crippen LogP contribution in [-0.4, -0.2) is 40.0 Å². The highest BCUT2D eigenvalue weighted by Crippen LogP contribution is 2.39. The first-order chi connectivity index (χ1) is 16.4. The van der Waals surface area contributed by atoms with Gasteiger partial charge in [-0.25, -0.2) is 0 Å². The average Bonchev–Trinajstić information content (AvgIpc) is 3.12. The normalized spacial score (nSPS) is 20.5. The maximum Gasteiger partial charge on any atom is 0.416 e. The van der Waals surface area contributed by atoms with Gasteiger partial charge < -0.3 is 20.6 Å². The van der Waals surface area contributed by atoms with Gasteiger partial charge in [0.15, 0.2) is 0 Å². The topological polar surface area (TPSA) is 98.7 Å². The molecule has 2 atom stereocenters. The van der Waals surface area contributed by atoms with E-state index in [0.29, 0.717) is 28.8 Å². The first kappa shape index (κ1) is 24.6. The molecule has 2 aliphatic rings. The molecule has 0 bridgehead atoms. The van der Waals surface area contributed by atoms with Gasteiger partial charge in [-0.3, -0.25) is 14.4 Å². The molecule has 186 valence electrons. The molecule has 2 heterocycles. The van der Waals surface area contributed by atoms with Crippen LogP contribution in [0, 0.1) is 0 Å². The van der Waals surface area contributed by atoms with Crippen molar-refractivity contribution in [2.75, 3.05) is 0 Å². The monoisotopic (exact) mass is 497 g/mol. The number of benzene rings is 2. The average molecular weight is 497 g/mol. The molecule has 1 saturated heterocycles. The molecule has 7 nitrogen and oxygen atoms in total. The number of piperidine rings is 1. The Balaban J connectivity index is 1.46. The van der Waals surface area contributed by atoms with Crippen LogP contribution in [0.2, 0.25) is 0 Å². The zero-order valence-corrected chi connectivity index (χ0v) is 18.0. The number of alkyl halides is 5. The third-order valence-corrected chi connectivity index (χ3v) is 6.01. The molecule has 2 aliphatic heterocycles. The fourth-order valence-corrected chi connectivity index (χ4v) is 4.25. The van der Waals surface area contributed by atoms with Crippen molar-refractivity contribution in [1.82, 2.24) is 15.5 Å². The summed E-state index contributed by atoms with van der Waals surface area (Å²) in [6.45, 7) is -0.348. The second kappa shape index (κ2) is 8.91. The summed E-state index contributed by atoms with van der Waals surface area (Å²) in [5.41, 5.74) is -1.89. The Labute approximate surface area is 195 Å². The van der Waals surface area contributed by atoms with E-state index in [1.165, 1.54) is 23.1 Å². The fraction of sp³-hybridized carbons (Fsp3) is 0.348. The van der Waals surface area contributed by atoms with E-state index in [2.05, 4.69) is 5.32 Å². The molecule has 3 N–H and O–H groups in total. The molecule has 4 rings (SSSR count). The Morgan fingerprint density at radius 3 is 2.40 bits per heavy atom. The molecule has 2 aromatic carbocycles. The Morgan fingerprint density at radius 2 is 1.74 bits per heavy atom. The van der Waals surface area contributed by atoms with Crippen molar-refractivity contribution < 1.29 is 41.4 Å². The number of amides is 3. The van der Waals surface area contributed by atoms with Gasteiger partial charge >= 0.3 is 12.1 Å². The second-order valence-corrected chi connectivity index (χ2v) is 8.34. The Morgan fingerprint density at radius 1 is 1.06 bits per heavy atom. The number of carbonyl (C=O) groups excluding carboxylic acids is 3. The lowest BCUT2D eigenvalue weighted by Gasteiger charge is -2.32. The van der Waals surface area contributed by atoms with Crippen molar-refractivity contribution in [3.05, 3.63) is 70.3 Å². The van der Waals surface area contributed by atoms with Gasteiger partial charge in [0.2, 0.25) is 5.91 Å². The van der Waals surface area contributed by atoms with Crippen LogP contribution in [0.4, 0.5) is 22.0 Å².